The van der Waals surface area contributed by atoms with E-state index in [9.17, 15) is 9.59 Å². The van der Waals surface area contributed by atoms with Gasteiger partial charge in [-0.05, 0) is 25.1 Å². The first-order valence-corrected chi connectivity index (χ1v) is 7.99. The van der Waals surface area contributed by atoms with Gasteiger partial charge in [0.2, 0.25) is 0 Å². The molecule has 2 heterocycles. The van der Waals surface area contributed by atoms with Crippen LogP contribution in [0.5, 0.6) is 0 Å². The number of pyridine rings is 1. The number of fused-ring (bicyclic) bond motifs is 2. The zero-order chi connectivity index (χ0) is 17.4. The number of aromatic amines is 2. The molecule has 0 saturated carbocycles. The number of benzene rings is 2. The lowest BCUT2D eigenvalue weighted by Crippen LogP contribution is -2.28. The third kappa shape index (κ3) is 2.67. The van der Waals surface area contributed by atoms with Gasteiger partial charge in [-0.25, -0.2) is 4.98 Å². The number of nitrogens with zero attached hydrogens (tertiary/aromatic N) is 1. The molecule has 2 aromatic heterocycles. The van der Waals surface area contributed by atoms with Gasteiger partial charge in [0.05, 0.1) is 22.6 Å². The fourth-order valence-corrected chi connectivity index (χ4v) is 2.92. The van der Waals surface area contributed by atoms with Crippen LogP contribution >= 0.6 is 0 Å². The molecule has 0 aliphatic rings. The summed E-state index contributed by atoms with van der Waals surface area (Å²) in [5.41, 5.74) is 2.00. The minimum atomic E-state index is -0.300. The van der Waals surface area contributed by atoms with Crippen LogP contribution in [0.1, 0.15) is 29.1 Å². The lowest BCUT2D eigenvalue weighted by Gasteiger charge is -2.12. The second-order valence-corrected chi connectivity index (χ2v) is 5.91. The Morgan fingerprint density at radius 2 is 1.80 bits per heavy atom. The van der Waals surface area contributed by atoms with Crippen LogP contribution in [0.15, 0.2) is 59.5 Å². The molecular weight excluding hydrogens is 316 g/mol. The van der Waals surface area contributed by atoms with E-state index in [2.05, 4.69) is 20.3 Å². The average Bonchev–Trinajstić information content (AvgIpc) is 3.06. The van der Waals surface area contributed by atoms with Crippen molar-refractivity contribution in [2.45, 2.75) is 13.0 Å². The number of amides is 1. The molecule has 0 saturated heterocycles. The molecule has 0 unspecified atom stereocenters. The Hall–Kier alpha value is -3.41. The van der Waals surface area contributed by atoms with Gasteiger partial charge in [0.1, 0.15) is 5.82 Å². The summed E-state index contributed by atoms with van der Waals surface area (Å²) >= 11 is 0. The van der Waals surface area contributed by atoms with Crippen LogP contribution in [0.4, 0.5) is 0 Å². The summed E-state index contributed by atoms with van der Waals surface area (Å²) < 4.78 is 0. The number of hydrogen-bond donors (Lipinski definition) is 3. The van der Waals surface area contributed by atoms with Gasteiger partial charge >= 0.3 is 0 Å². The third-order valence-electron chi connectivity index (χ3n) is 4.22. The summed E-state index contributed by atoms with van der Waals surface area (Å²) in [6.07, 6.45) is 1.45. The van der Waals surface area contributed by atoms with Gasteiger partial charge in [-0.2, -0.15) is 0 Å². The number of imidazole rings is 1. The van der Waals surface area contributed by atoms with Crippen molar-refractivity contribution in [2.24, 2.45) is 0 Å². The van der Waals surface area contributed by atoms with E-state index in [1.54, 1.807) is 24.3 Å². The van der Waals surface area contributed by atoms with E-state index in [4.69, 9.17) is 0 Å². The minimum absolute atomic E-state index is 0.211. The van der Waals surface area contributed by atoms with E-state index in [1.807, 2.05) is 31.2 Å². The topological polar surface area (TPSA) is 90.6 Å². The average molecular weight is 332 g/mol. The number of H-pyrrole nitrogens is 2. The molecule has 6 nitrogen and oxygen atoms in total. The van der Waals surface area contributed by atoms with Gasteiger partial charge in [-0.3, -0.25) is 9.59 Å². The van der Waals surface area contributed by atoms with Gasteiger partial charge in [0.15, 0.2) is 0 Å². The molecule has 4 aromatic rings. The number of para-hydroxylation sites is 2. The van der Waals surface area contributed by atoms with Crippen LogP contribution in [-0.4, -0.2) is 20.9 Å². The fraction of sp³-hybridized carbons (Fsp3) is 0.105. The Balaban J connectivity index is 1.66. The molecule has 0 aliphatic carbocycles. The predicted octanol–water partition coefficient (Wildman–Crippen LogP) is 2.90. The zero-order valence-electron chi connectivity index (χ0n) is 13.5. The molecule has 4 rings (SSSR count). The van der Waals surface area contributed by atoms with Crippen LogP contribution in [0, 0.1) is 0 Å². The van der Waals surface area contributed by atoms with Crippen LogP contribution in [0.3, 0.4) is 0 Å². The fourth-order valence-electron chi connectivity index (χ4n) is 2.92. The van der Waals surface area contributed by atoms with Crippen molar-refractivity contribution in [3.8, 4) is 0 Å². The van der Waals surface area contributed by atoms with E-state index in [0.29, 0.717) is 22.2 Å². The van der Waals surface area contributed by atoms with Crippen molar-refractivity contribution < 1.29 is 4.79 Å². The summed E-state index contributed by atoms with van der Waals surface area (Å²) in [5, 5.41) is 4.05. The molecule has 1 atom stereocenters. The number of hydrogen-bond acceptors (Lipinski definition) is 3. The number of aromatic nitrogens is 3. The SMILES string of the molecule is C[C@@H](NC(=O)c1c[nH]c(=O)c2ccccc12)c1nc2ccccc2[nH]1. The van der Waals surface area contributed by atoms with Crippen molar-refractivity contribution in [3.63, 3.8) is 0 Å². The molecule has 0 bridgehead atoms. The summed E-state index contributed by atoms with van der Waals surface area (Å²) in [4.78, 5) is 34.9. The lowest BCUT2D eigenvalue weighted by atomic mass is 10.1. The Labute approximate surface area is 142 Å². The molecule has 0 fully saturated rings. The Bertz CT molecular complexity index is 1110. The highest BCUT2D eigenvalue weighted by Gasteiger charge is 2.17. The maximum atomic E-state index is 12.7. The van der Waals surface area contributed by atoms with E-state index in [1.165, 1.54) is 6.20 Å². The van der Waals surface area contributed by atoms with E-state index in [-0.39, 0.29) is 17.5 Å². The molecule has 6 heteroatoms. The molecule has 25 heavy (non-hydrogen) atoms. The van der Waals surface area contributed by atoms with Crippen molar-refractivity contribution in [2.75, 3.05) is 0 Å². The van der Waals surface area contributed by atoms with Gasteiger partial charge in [0.25, 0.3) is 11.5 Å². The van der Waals surface area contributed by atoms with E-state index < -0.39 is 0 Å². The maximum absolute atomic E-state index is 12.7. The van der Waals surface area contributed by atoms with Crippen molar-refractivity contribution in [3.05, 3.63) is 76.5 Å². The molecule has 2 aromatic carbocycles. The maximum Gasteiger partial charge on any atom is 0.255 e. The quantitative estimate of drug-likeness (QED) is 0.539. The second kappa shape index (κ2) is 5.90. The first-order valence-electron chi connectivity index (χ1n) is 7.99. The zero-order valence-corrected chi connectivity index (χ0v) is 13.5. The first kappa shape index (κ1) is 15.1. The van der Waals surface area contributed by atoms with Crippen LogP contribution in [0.2, 0.25) is 0 Å². The standard InChI is InChI=1S/C19H16N4O2/c1-11(17-22-15-8-4-5-9-16(15)23-17)21-19(25)14-10-20-18(24)13-7-3-2-6-12(13)14/h2-11H,1H3,(H,20,24)(H,21,25)(H,22,23)/t11-/m1/s1. The summed E-state index contributed by atoms with van der Waals surface area (Å²) in [6, 6.07) is 14.5. The number of carbonyl (C=O) groups excluding carboxylic acids is 1. The van der Waals surface area contributed by atoms with Crippen molar-refractivity contribution >= 4 is 27.7 Å². The Kier molecular flexibility index (Phi) is 3.57. The van der Waals surface area contributed by atoms with Crippen LogP contribution < -0.4 is 10.9 Å². The van der Waals surface area contributed by atoms with Crippen molar-refractivity contribution in [1.29, 1.82) is 0 Å². The highest BCUT2D eigenvalue weighted by atomic mass is 16.2. The Morgan fingerprint density at radius 1 is 1.08 bits per heavy atom. The van der Waals surface area contributed by atoms with E-state index >= 15 is 0 Å². The van der Waals surface area contributed by atoms with Gasteiger partial charge in [-0.15, -0.1) is 0 Å². The highest BCUT2D eigenvalue weighted by molar-refractivity contribution is 6.06. The largest absolute Gasteiger partial charge is 0.342 e. The molecule has 0 aliphatic heterocycles. The number of nitrogens with one attached hydrogen (secondary N) is 3. The monoisotopic (exact) mass is 332 g/mol. The molecular formula is C19H16N4O2. The first-order chi connectivity index (χ1) is 12.1. The van der Waals surface area contributed by atoms with Gasteiger partial charge in [0, 0.05) is 17.0 Å². The molecule has 1 amide bonds. The second-order valence-electron chi connectivity index (χ2n) is 5.91. The molecule has 0 spiro atoms. The molecule has 3 N–H and O–H groups in total. The summed E-state index contributed by atoms with van der Waals surface area (Å²) in [7, 11) is 0. The predicted molar refractivity (Wildman–Crippen MR) is 96.5 cm³/mol. The van der Waals surface area contributed by atoms with Crippen LogP contribution in [-0.2, 0) is 0 Å². The normalized spacial score (nSPS) is 12.4. The summed E-state index contributed by atoms with van der Waals surface area (Å²) in [5.74, 6) is 0.420. The Morgan fingerprint density at radius 3 is 2.60 bits per heavy atom. The van der Waals surface area contributed by atoms with Crippen molar-refractivity contribution in [1.82, 2.24) is 20.3 Å². The third-order valence-corrected chi connectivity index (χ3v) is 4.22. The molecule has 124 valence electrons. The molecule has 0 radical (unpaired) electrons. The van der Waals surface area contributed by atoms with Gasteiger partial charge < -0.3 is 15.3 Å². The van der Waals surface area contributed by atoms with Gasteiger partial charge in [-0.1, -0.05) is 30.3 Å². The summed E-state index contributed by atoms with van der Waals surface area (Å²) in [6.45, 7) is 1.86. The number of carbonyl (C=O) groups is 1. The van der Waals surface area contributed by atoms with E-state index in [0.717, 1.165) is 11.0 Å². The lowest BCUT2D eigenvalue weighted by molar-refractivity contribution is 0.0940. The highest BCUT2D eigenvalue weighted by Crippen LogP contribution is 2.18. The number of rotatable bonds is 3. The van der Waals surface area contributed by atoms with Crippen LogP contribution in [0.25, 0.3) is 21.8 Å². The minimum Gasteiger partial charge on any atom is -0.342 e. The smallest absolute Gasteiger partial charge is 0.255 e.